The first-order valence-corrected chi connectivity index (χ1v) is 13.4. The van der Waals surface area contributed by atoms with Crippen molar-refractivity contribution in [1.29, 1.82) is 0 Å². The lowest BCUT2D eigenvalue weighted by Crippen LogP contribution is -2.37. The summed E-state index contributed by atoms with van der Waals surface area (Å²) in [5.41, 5.74) is -1.21. The van der Waals surface area contributed by atoms with E-state index in [1.165, 1.54) is 19.2 Å². The number of aromatic carboxylic acids is 1. The van der Waals surface area contributed by atoms with E-state index in [0.717, 1.165) is 30.5 Å². The third kappa shape index (κ3) is 6.33. The summed E-state index contributed by atoms with van der Waals surface area (Å²) in [5.74, 6) is -4.42. The molecule has 1 amide bonds. The number of carbonyl (C=O) groups is 2. The molecule has 14 heteroatoms. The fourth-order valence-corrected chi connectivity index (χ4v) is 5.11. The molecule has 0 radical (unpaired) electrons. The smallest absolute Gasteiger partial charge is 0.434 e. The Balaban J connectivity index is 1.37. The van der Waals surface area contributed by atoms with Crippen molar-refractivity contribution in [2.45, 2.75) is 31.5 Å². The maximum Gasteiger partial charge on any atom is 0.434 e. The SMILES string of the molecule is COC(=O)N1CCC(c2ccc(COc3c(F)cc(F)cc3-c3cccc(-n4ncc(C(=O)O)c4C(F)(F)F)n3)cc2)CC1. The molecule has 0 saturated carbocycles. The summed E-state index contributed by atoms with van der Waals surface area (Å²) >= 11 is 0. The predicted octanol–water partition coefficient (Wildman–Crippen LogP) is 6.45. The fourth-order valence-electron chi connectivity index (χ4n) is 5.11. The minimum Gasteiger partial charge on any atom is -0.485 e. The topological polar surface area (TPSA) is 107 Å². The highest BCUT2D eigenvalue weighted by molar-refractivity contribution is 5.89. The lowest BCUT2D eigenvalue weighted by molar-refractivity contribution is -0.143. The first-order chi connectivity index (χ1) is 21.0. The highest BCUT2D eigenvalue weighted by Gasteiger charge is 2.41. The highest BCUT2D eigenvalue weighted by Crippen LogP contribution is 2.36. The van der Waals surface area contributed by atoms with Gasteiger partial charge in [0, 0.05) is 24.7 Å². The number of hydrogen-bond acceptors (Lipinski definition) is 6. The average Bonchev–Trinajstić information content (AvgIpc) is 3.47. The van der Waals surface area contributed by atoms with Crippen LogP contribution >= 0.6 is 0 Å². The Hall–Kier alpha value is -5.01. The van der Waals surface area contributed by atoms with E-state index >= 15 is 0 Å². The second-order valence-corrected chi connectivity index (χ2v) is 10.0. The van der Waals surface area contributed by atoms with Crippen LogP contribution in [0.2, 0.25) is 0 Å². The van der Waals surface area contributed by atoms with Crippen molar-refractivity contribution in [3.8, 4) is 22.8 Å². The molecule has 2 aromatic carbocycles. The van der Waals surface area contributed by atoms with Gasteiger partial charge < -0.3 is 19.5 Å². The Kier molecular flexibility index (Phi) is 8.52. The highest BCUT2D eigenvalue weighted by atomic mass is 19.4. The largest absolute Gasteiger partial charge is 0.485 e. The number of alkyl halides is 3. The zero-order valence-electron chi connectivity index (χ0n) is 23.1. The number of carboxylic acid groups (broad SMARTS) is 1. The van der Waals surface area contributed by atoms with Crippen molar-refractivity contribution in [2.24, 2.45) is 0 Å². The van der Waals surface area contributed by atoms with Crippen LogP contribution in [-0.4, -0.2) is 57.0 Å². The van der Waals surface area contributed by atoms with Crippen molar-refractivity contribution in [3.63, 3.8) is 0 Å². The number of pyridine rings is 1. The molecule has 0 spiro atoms. The van der Waals surface area contributed by atoms with Gasteiger partial charge in [0.05, 0.1) is 19.0 Å². The summed E-state index contributed by atoms with van der Waals surface area (Å²) in [5, 5.41) is 12.7. The van der Waals surface area contributed by atoms with Gasteiger partial charge in [0.25, 0.3) is 0 Å². The summed E-state index contributed by atoms with van der Waals surface area (Å²) < 4.78 is 81.4. The van der Waals surface area contributed by atoms with Gasteiger partial charge in [-0.05, 0) is 48.1 Å². The molecule has 0 bridgehead atoms. The van der Waals surface area contributed by atoms with E-state index in [-0.39, 0.29) is 35.6 Å². The number of rotatable bonds is 7. The molecule has 0 aliphatic carbocycles. The Morgan fingerprint density at radius 3 is 2.39 bits per heavy atom. The molecule has 1 aliphatic rings. The molecule has 3 heterocycles. The molecular formula is C30H25F5N4O5. The van der Waals surface area contributed by atoms with Gasteiger partial charge >= 0.3 is 18.2 Å². The summed E-state index contributed by atoms with van der Waals surface area (Å²) in [6, 6.07) is 12.7. The summed E-state index contributed by atoms with van der Waals surface area (Å²) in [4.78, 5) is 28.8. The Morgan fingerprint density at radius 1 is 1.05 bits per heavy atom. The first kappa shape index (κ1) is 30.4. The molecular weight excluding hydrogens is 591 g/mol. The van der Waals surface area contributed by atoms with Crippen LogP contribution in [0.25, 0.3) is 17.1 Å². The van der Waals surface area contributed by atoms with Crippen LogP contribution in [0.5, 0.6) is 5.75 Å². The van der Waals surface area contributed by atoms with Gasteiger partial charge in [-0.1, -0.05) is 30.3 Å². The number of aromatic nitrogens is 3. The minimum absolute atomic E-state index is 0.115. The van der Waals surface area contributed by atoms with Crippen LogP contribution in [0, 0.1) is 11.6 Å². The third-order valence-electron chi connectivity index (χ3n) is 7.27. The number of benzene rings is 2. The van der Waals surface area contributed by atoms with Crippen LogP contribution in [0.15, 0.2) is 60.8 Å². The van der Waals surface area contributed by atoms with Gasteiger partial charge in [-0.2, -0.15) is 18.3 Å². The number of hydrogen-bond donors (Lipinski definition) is 1. The molecule has 0 atom stereocenters. The van der Waals surface area contributed by atoms with E-state index in [4.69, 9.17) is 9.47 Å². The average molecular weight is 617 g/mol. The fraction of sp³-hybridized carbons (Fsp3) is 0.267. The summed E-state index contributed by atoms with van der Waals surface area (Å²) in [7, 11) is 1.34. The van der Waals surface area contributed by atoms with Crippen LogP contribution < -0.4 is 4.74 Å². The van der Waals surface area contributed by atoms with Crippen molar-refractivity contribution in [1.82, 2.24) is 19.7 Å². The third-order valence-corrected chi connectivity index (χ3v) is 7.27. The zero-order valence-corrected chi connectivity index (χ0v) is 23.1. The van der Waals surface area contributed by atoms with Crippen LogP contribution in [0.1, 0.15) is 45.9 Å². The minimum atomic E-state index is -5.09. The number of halogens is 5. The van der Waals surface area contributed by atoms with Gasteiger partial charge in [0.15, 0.2) is 23.1 Å². The molecule has 0 unspecified atom stereocenters. The first-order valence-electron chi connectivity index (χ1n) is 13.4. The number of carboxylic acids is 1. The second-order valence-electron chi connectivity index (χ2n) is 10.0. The predicted molar refractivity (Wildman–Crippen MR) is 145 cm³/mol. The van der Waals surface area contributed by atoms with Crippen LogP contribution in [0.3, 0.4) is 0 Å². The maximum absolute atomic E-state index is 15.0. The van der Waals surface area contributed by atoms with Gasteiger partial charge in [0.1, 0.15) is 18.0 Å². The summed E-state index contributed by atoms with van der Waals surface area (Å²) in [6.07, 6.45) is -3.36. The lowest BCUT2D eigenvalue weighted by atomic mass is 9.89. The molecule has 44 heavy (non-hydrogen) atoms. The van der Waals surface area contributed by atoms with Gasteiger partial charge in [0.2, 0.25) is 0 Å². The molecule has 1 fully saturated rings. The van der Waals surface area contributed by atoms with Crippen molar-refractivity contribution < 1.29 is 46.1 Å². The van der Waals surface area contributed by atoms with E-state index in [1.807, 2.05) is 12.1 Å². The Labute approximate surface area is 247 Å². The molecule has 1 N–H and O–H groups in total. The Bertz CT molecular complexity index is 1680. The number of nitrogens with zero attached hydrogens (tertiary/aromatic N) is 4. The van der Waals surface area contributed by atoms with Gasteiger partial charge in [-0.3, -0.25) is 0 Å². The van der Waals surface area contributed by atoms with E-state index in [1.54, 1.807) is 17.0 Å². The lowest BCUT2D eigenvalue weighted by Gasteiger charge is -2.31. The molecule has 5 rings (SSSR count). The number of methoxy groups -OCH3 is 1. The number of piperidine rings is 1. The van der Waals surface area contributed by atoms with E-state index in [2.05, 4.69) is 10.1 Å². The standard InChI is InChI=1S/C30H25F5N4O5/c1-43-29(42)38-11-9-19(10-12-38)18-7-5-17(6-8-18)16-44-26-21(13-20(31)14-23(26)32)24-3-2-4-25(37-24)39-27(30(33,34)35)22(15-36-39)28(40)41/h2-8,13-15,19H,9-12,16H2,1H3,(H,40,41). The second kappa shape index (κ2) is 12.3. The van der Waals surface area contributed by atoms with Crippen molar-refractivity contribution in [3.05, 3.63) is 94.8 Å². The maximum atomic E-state index is 15.0. The molecule has 230 valence electrons. The van der Waals surface area contributed by atoms with E-state index in [9.17, 15) is 36.6 Å². The molecule has 1 aliphatic heterocycles. The number of amides is 1. The van der Waals surface area contributed by atoms with Crippen LogP contribution in [0.4, 0.5) is 26.7 Å². The summed E-state index contributed by atoms with van der Waals surface area (Å²) in [6.45, 7) is 1.03. The van der Waals surface area contributed by atoms with Crippen molar-refractivity contribution in [2.75, 3.05) is 20.2 Å². The molecule has 9 nitrogen and oxygen atoms in total. The zero-order chi connectivity index (χ0) is 31.6. The molecule has 2 aromatic heterocycles. The monoisotopic (exact) mass is 616 g/mol. The van der Waals surface area contributed by atoms with Gasteiger partial charge in [-0.15, -0.1) is 0 Å². The van der Waals surface area contributed by atoms with Crippen LogP contribution in [-0.2, 0) is 17.5 Å². The van der Waals surface area contributed by atoms with E-state index in [0.29, 0.717) is 35.6 Å². The van der Waals surface area contributed by atoms with E-state index < -0.39 is 40.9 Å². The quantitative estimate of drug-likeness (QED) is 0.238. The molecule has 4 aromatic rings. The number of likely N-dealkylation sites (tertiary alicyclic amines) is 1. The normalized spacial score (nSPS) is 14.0. The number of carbonyl (C=O) groups excluding carboxylic acids is 1. The number of ether oxygens (including phenoxy) is 2. The van der Waals surface area contributed by atoms with Crippen molar-refractivity contribution >= 4 is 12.1 Å². The van der Waals surface area contributed by atoms with Gasteiger partial charge in [-0.25, -0.2) is 28.0 Å². The Morgan fingerprint density at radius 2 is 1.75 bits per heavy atom. The molecule has 1 saturated heterocycles.